The van der Waals surface area contributed by atoms with E-state index >= 15 is 0 Å². The lowest BCUT2D eigenvalue weighted by atomic mass is 9.89. The van der Waals surface area contributed by atoms with Crippen LogP contribution in [0.25, 0.3) is 0 Å². The van der Waals surface area contributed by atoms with E-state index in [2.05, 4.69) is 0 Å². The third-order valence-corrected chi connectivity index (χ3v) is 2.42. The highest BCUT2D eigenvalue weighted by Gasteiger charge is 2.48. The summed E-state index contributed by atoms with van der Waals surface area (Å²) in [5.41, 5.74) is 4.71. The lowest BCUT2D eigenvalue weighted by Gasteiger charge is -2.24. The molecule has 0 radical (unpaired) electrons. The van der Waals surface area contributed by atoms with Crippen LogP contribution >= 0.6 is 0 Å². The van der Waals surface area contributed by atoms with Gasteiger partial charge in [-0.1, -0.05) is 6.92 Å². The molecule has 4 nitrogen and oxygen atoms in total. The molecule has 0 bridgehead atoms. The summed E-state index contributed by atoms with van der Waals surface area (Å²) in [4.78, 5) is 10.9. The molecule has 11 heavy (non-hydrogen) atoms. The van der Waals surface area contributed by atoms with Gasteiger partial charge in [0.2, 0.25) is 0 Å². The first kappa shape index (κ1) is 8.49. The molecule has 1 rings (SSSR count). The number of cyclic esters (lactones) is 1. The summed E-state index contributed by atoms with van der Waals surface area (Å²) < 4.78 is 4.91. The van der Waals surface area contributed by atoms with E-state index in [0.29, 0.717) is 0 Å². The van der Waals surface area contributed by atoms with Gasteiger partial charge in [0.05, 0.1) is 6.61 Å². The van der Waals surface area contributed by atoms with E-state index in [9.17, 15) is 4.79 Å². The van der Waals surface area contributed by atoms with Crippen LogP contribution in [0.3, 0.4) is 0 Å². The predicted molar refractivity (Wildman–Crippen MR) is 38.7 cm³/mol. The molecular formula is C7H13NO3. The van der Waals surface area contributed by atoms with Gasteiger partial charge in [0.25, 0.3) is 0 Å². The van der Waals surface area contributed by atoms with Gasteiger partial charge in [0, 0.05) is 5.92 Å². The summed E-state index contributed by atoms with van der Waals surface area (Å²) >= 11 is 0. The van der Waals surface area contributed by atoms with Gasteiger partial charge in [-0.2, -0.15) is 0 Å². The fourth-order valence-electron chi connectivity index (χ4n) is 1.15. The largest absolute Gasteiger partial charge is 0.455 e. The Morgan fingerprint density at radius 3 is 2.55 bits per heavy atom. The Morgan fingerprint density at radius 2 is 2.36 bits per heavy atom. The average Bonchev–Trinajstić information content (AvgIpc) is 2.17. The molecule has 1 fully saturated rings. The smallest absolute Gasteiger partial charge is 0.323 e. The zero-order valence-electron chi connectivity index (χ0n) is 6.70. The van der Waals surface area contributed by atoms with Gasteiger partial charge < -0.3 is 15.6 Å². The third-order valence-electron chi connectivity index (χ3n) is 2.42. The normalized spacial score (nSPS) is 44.2. The van der Waals surface area contributed by atoms with Crippen LogP contribution in [-0.2, 0) is 9.53 Å². The van der Waals surface area contributed by atoms with Crippen molar-refractivity contribution in [3.63, 3.8) is 0 Å². The van der Waals surface area contributed by atoms with Crippen molar-refractivity contribution in [2.24, 2.45) is 11.7 Å². The highest BCUT2D eigenvalue weighted by molar-refractivity contribution is 5.79. The minimum atomic E-state index is -0.781. The van der Waals surface area contributed by atoms with Crippen LogP contribution in [0.2, 0.25) is 0 Å². The van der Waals surface area contributed by atoms with Crippen LogP contribution in [0.4, 0.5) is 0 Å². The number of aliphatic hydroxyl groups is 1. The molecule has 1 saturated heterocycles. The molecule has 1 aliphatic heterocycles. The molecule has 0 unspecified atom stereocenters. The highest BCUT2D eigenvalue weighted by Crippen LogP contribution is 2.30. The Morgan fingerprint density at radius 1 is 1.82 bits per heavy atom. The van der Waals surface area contributed by atoms with Crippen molar-refractivity contribution >= 4 is 5.97 Å². The van der Waals surface area contributed by atoms with Gasteiger partial charge in [0.1, 0.15) is 11.6 Å². The zero-order valence-corrected chi connectivity index (χ0v) is 6.70. The van der Waals surface area contributed by atoms with Crippen molar-refractivity contribution < 1.29 is 14.6 Å². The van der Waals surface area contributed by atoms with E-state index in [1.54, 1.807) is 13.8 Å². The molecule has 3 N–H and O–H groups in total. The summed E-state index contributed by atoms with van der Waals surface area (Å²) in [5.74, 6) is -0.547. The van der Waals surface area contributed by atoms with E-state index in [1.807, 2.05) is 0 Å². The van der Waals surface area contributed by atoms with Crippen molar-refractivity contribution in [1.82, 2.24) is 0 Å². The monoisotopic (exact) mass is 159 g/mol. The second-order valence-corrected chi connectivity index (χ2v) is 3.21. The Hall–Kier alpha value is -0.610. The minimum absolute atomic E-state index is 0.125. The molecule has 0 saturated carbocycles. The van der Waals surface area contributed by atoms with Crippen LogP contribution in [0, 0.1) is 5.92 Å². The van der Waals surface area contributed by atoms with Crippen molar-refractivity contribution in [2.75, 3.05) is 6.61 Å². The maximum absolute atomic E-state index is 10.9. The molecule has 0 spiro atoms. The molecule has 4 heteroatoms. The van der Waals surface area contributed by atoms with Crippen LogP contribution in [-0.4, -0.2) is 29.3 Å². The average molecular weight is 159 g/mol. The maximum atomic E-state index is 10.9. The first-order valence-corrected chi connectivity index (χ1v) is 3.60. The quantitative estimate of drug-likeness (QED) is 0.494. The van der Waals surface area contributed by atoms with Crippen LogP contribution in [0.1, 0.15) is 13.8 Å². The summed E-state index contributed by atoms with van der Waals surface area (Å²) in [5, 5.41) is 8.90. The topological polar surface area (TPSA) is 72.6 Å². The minimum Gasteiger partial charge on any atom is -0.455 e. The number of aliphatic hydroxyl groups excluding tert-OH is 1. The summed E-state index contributed by atoms with van der Waals surface area (Å²) in [6.45, 7) is 3.31. The van der Waals surface area contributed by atoms with Gasteiger partial charge >= 0.3 is 5.97 Å². The number of hydrogen-bond acceptors (Lipinski definition) is 4. The molecule has 3 atom stereocenters. The highest BCUT2D eigenvalue weighted by atomic mass is 16.6. The molecule has 0 aliphatic carbocycles. The van der Waals surface area contributed by atoms with Crippen molar-refractivity contribution in [3.05, 3.63) is 0 Å². The van der Waals surface area contributed by atoms with Crippen LogP contribution in [0.15, 0.2) is 0 Å². The molecule has 0 aromatic carbocycles. The maximum Gasteiger partial charge on any atom is 0.323 e. The standard InChI is InChI=1S/C7H13NO3/c1-4-5(8)6(10)11-7(4,2)3-9/h4-5,9H,3,8H2,1-2H3/t4-,5+,7-/m1/s1. The van der Waals surface area contributed by atoms with Gasteiger partial charge in [0.15, 0.2) is 0 Å². The van der Waals surface area contributed by atoms with Crippen molar-refractivity contribution in [1.29, 1.82) is 0 Å². The lowest BCUT2D eigenvalue weighted by molar-refractivity contribution is -0.151. The lowest BCUT2D eigenvalue weighted by Crippen LogP contribution is -2.39. The van der Waals surface area contributed by atoms with E-state index in [0.717, 1.165) is 0 Å². The Kier molecular flexibility index (Phi) is 1.90. The molecule has 1 heterocycles. The number of carbonyl (C=O) groups excluding carboxylic acids is 1. The van der Waals surface area contributed by atoms with E-state index in [1.165, 1.54) is 0 Å². The Balaban J connectivity index is 2.82. The molecule has 0 aromatic rings. The van der Waals surface area contributed by atoms with Crippen molar-refractivity contribution in [3.8, 4) is 0 Å². The fourth-order valence-corrected chi connectivity index (χ4v) is 1.15. The predicted octanol–water partition coefficient (Wildman–Crippen LogP) is -0.742. The number of ether oxygens (including phenoxy) is 1. The van der Waals surface area contributed by atoms with E-state index < -0.39 is 17.6 Å². The zero-order chi connectivity index (χ0) is 8.65. The number of esters is 1. The number of carbonyl (C=O) groups is 1. The van der Waals surface area contributed by atoms with Crippen LogP contribution < -0.4 is 5.73 Å². The summed E-state index contributed by atoms with van der Waals surface area (Å²) in [7, 11) is 0. The van der Waals surface area contributed by atoms with E-state index in [4.69, 9.17) is 15.6 Å². The Bertz CT molecular complexity index is 183. The number of hydrogen-bond donors (Lipinski definition) is 2. The van der Waals surface area contributed by atoms with Gasteiger partial charge in [-0.15, -0.1) is 0 Å². The van der Waals surface area contributed by atoms with E-state index in [-0.39, 0.29) is 12.5 Å². The SMILES string of the molecule is C[C@@H]1[C@H](N)C(=O)O[C@]1(C)CO. The summed E-state index contributed by atoms with van der Waals surface area (Å²) in [6, 6.07) is -0.591. The second-order valence-electron chi connectivity index (χ2n) is 3.21. The fraction of sp³-hybridized carbons (Fsp3) is 0.857. The van der Waals surface area contributed by atoms with Crippen LogP contribution in [0.5, 0.6) is 0 Å². The number of rotatable bonds is 1. The summed E-state index contributed by atoms with van der Waals surface area (Å²) in [6.07, 6.45) is 0. The molecule has 64 valence electrons. The first-order chi connectivity index (χ1) is 5.01. The third kappa shape index (κ3) is 1.12. The second kappa shape index (κ2) is 2.46. The molecular weight excluding hydrogens is 146 g/mol. The number of nitrogens with two attached hydrogens (primary N) is 1. The van der Waals surface area contributed by atoms with Gasteiger partial charge in [-0.3, -0.25) is 4.79 Å². The first-order valence-electron chi connectivity index (χ1n) is 3.60. The Labute approximate surface area is 65.3 Å². The van der Waals surface area contributed by atoms with Gasteiger partial charge in [-0.25, -0.2) is 0 Å². The van der Waals surface area contributed by atoms with Gasteiger partial charge in [-0.05, 0) is 6.92 Å². The molecule has 0 amide bonds. The van der Waals surface area contributed by atoms with Crippen molar-refractivity contribution in [2.45, 2.75) is 25.5 Å². The molecule has 0 aromatic heterocycles. The molecule has 1 aliphatic rings.